The van der Waals surface area contributed by atoms with Gasteiger partial charge in [0.25, 0.3) is 0 Å². The molecule has 0 aliphatic carbocycles. The second-order valence-corrected chi connectivity index (χ2v) is 5.99. The second kappa shape index (κ2) is 7.17. The fourth-order valence-corrected chi connectivity index (χ4v) is 3.37. The fourth-order valence-electron chi connectivity index (χ4n) is 2.43. The summed E-state index contributed by atoms with van der Waals surface area (Å²) in [4.78, 5) is 0. The van der Waals surface area contributed by atoms with E-state index in [1.165, 1.54) is 11.1 Å². The van der Waals surface area contributed by atoms with E-state index in [1.807, 2.05) is 11.8 Å². The van der Waals surface area contributed by atoms with Crippen LogP contribution in [0.15, 0.2) is 24.3 Å². The lowest BCUT2D eigenvalue weighted by Gasteiger charge is -2.31. The zero-order valence-electron chi connectivity index (χ0n) is 11.3. The summed E-state index contributed by atoms with van der Waals surface area (Å²) in [5, 5.41) is 3.58. The molecule has 100 valence electrons. The normalized spacial score (nSPS) is 21.8. The molecule has 1 heterocycles. The number of nitrogens with one attached hydrogen (secondary N) is 1. The SMILES string of the molecule is CCNC(Cc1cccc(C)c1)C1CSCCO1. The number of thioether (sulfide) groups is 1. The molecule has 18 heavy (non-hydrogen) atoms. The van der Waals surface area contributed by atoms with Gasteiger partial charge in [0.2, 0.25) is 0 Å². The van der Waals surface area contributed by atoms with Crippen LogP contribution in [0, 0.1) is 6.92 Å². The highest BCUT2D eigenvalue weighted by molar-refractivity contribution is 7.99. The van der Waals surface area contributed by atoms with Crippen molar-refractivity contribution in [3.8, 4) is 0 Å². The van der Waals surface area contributed by atoms with Crippen LogP contribution in [0.4, 0.5) is 0 Å². The Morgan fingerprint density at radius 2 is 2.39 bits per heavy atom. The standard InChI is InChI=1S/C15H23NOS/c1-3-16-14(15-11-18-8-7-17-15)10-13-6-4-5-12(2)9-13/h4-6,9,14-16H,3,7-8,10-11H2,1-2H3. The van der Waals surface area contributed by atoms with Gasteiger partial charge in [0.15, 0.2) is 0 Å². The highest BCUT2D eigenvalue weighted by Crippen LogP contribution is 2.18. The predicted octanol–water partition coefficient (Wildman–Crippen LogP) is 2.65. The monoisotopic (exact) mass is 265 g/mol. The largest absolute Gasteiger partial charge is 0.375 e. The van der Waals surface area contributed by atoms with Crippen LogP contribution in [0.1, 0.15) is 18.1 Å². The van der Waals surface area contributed by atoms with Gasteiger partial charge < -0.3 is 10.1 Å². The van der Waals surface area contributed by atoms with Gasteiger partial charge >= 0.3 is 0 Å². The van der Waals surface area contributed by atoms with Gasteiger partial charge in [-0.1, -0.05) is 36.8 Å². The number of likely N-dealkylation sites (N-methyl/N-ethyl adjacent to an activating group) is 1. The van der Waals surface area contributed by atoms with Gasteiger partial charge in [-0.2, -0.15) is 11.8 Å². The Balaban J connectivity index is 2.00. The van der Waals surface area contributed by atoms with Crippen molar-refractivity contribution in [2.75, 3.05) is 24.7 Å². The number of benzene rings is 1. The van der Waals surface area contributed by atoms with Crippen molar-refractivity contribution < 1.29 is 4.74 Å². The zero-order valence-corrected chi connectivity index (χ0v) is 12.1. The highest BCUT2D eigenvalue weighted by atomic mass is 32.2. The first-order chi connectivity index (χ1) is 8.79. The minimum atomic E-state index is 0.351. The molecule has 2 nitrogen and oxygen atoms in total. The van der Waals surface area contributed by atoms with Crippen molar-refractivity contribution in [2.45, 2.75) is 32.4 Å². The molecule has 1 aliphatic heterocycles. The Morgan fingerprint density at radius 3 is 3.06 bits per heavy atom. The van der Waals surface area contributed by atoms with E-state index < -0.39 is 0 Å². The van der Waals surface area contributed by atoms with E-state index >= 15 is 0 Å². The van der Waals surface area contributed by atoms with E-state index in [0.717, 1.165) is 31.1 Å². The summed E-state index contributed by atoms with van der Waals surface area (Å²) in [5.41, 5.74) is 2.74. The summed E-state index contributed by atoms with van der Waals surface area (Å²) in [6.07, 6.45) is 1.41. The Hall–Kier alpha value is -0.510. The average molecular weight is 265 g/mol. The first-order valence-electron chi connectivity index (χ1n) is 6.78. The average Bonchev–Trinajstić information content (AvgIpc) is 2.39. The molecule has 0 bridgehead atoms. The topological polar surface area (TPSA) is 21.3 Å². The van der Waals surface area contributed by atoms with Crippen molar-refractivity contribution >= 4 is 11.8 Å². The summed E-state index contributed by atoms with van der Waals surface area (Å²) < 4.78 is 5.91. The minimum Gasteiger partial charge on any atom is -0.375 e. The van der Waals surface area contributed by atoms with Crippen LogP contribution in [0.25, 0.3) is 0 Å². The fraction of sp³-hybridized carbons (Fsp3) is 0.600. The summed E-state index contributed by atoms with van der Waals surface area (Å²) in [5.74, 6) is 2.25. The van der Waals surface area contributed by atoms with Crippen molar-refractivity contribution in [2.24, 2.45) is 0 Å². The Kier molecular flexibility index (Phi) is 5.54. The lowest BCUT2D eigenvalue weighted by molar-refractivity contribution is 0.0476. The van der Waals surface area contributed by atoms with Crippen LogP contribution in [0.3, 0.4) is 0 Å². The minimum absolute atomic E-state index is 0.351. The number of ether oxygens (including phenoxy) is 1. The van der Waals surface area contributed by atoms with Gasteiger partial charge in [0.1, 0.15) is 0 Å². The predicted molar refractivity (Wildman–Crippen MR) is 79.4 cm³/mol. The molecule has 1 aromatic rings. The smallest absolute Gasteiger partial charge is 0.0821 e. The molecule has 1 aliphatic rings. The number of hydrogen-bond donors (Lipinski definition) is 1. The molecule has 0 aromatic heterocycles. The molecular weight excluding hydrogens is 242 g/mol. The maximum Gasteiger partial charge on any atom is 0.0821 e. The lowest BCUT2D eigenvalue weighted by Crippen LogP contribution is -2.46. The molecule has 2 unspecified atom stereocenters. The molecule has 3 heteroatoms. The number of aryl methyl sites for hydroxylation is 1. The van der Waals surface area contributed by atoms with Gasteiger partial charge in [-0.3, -0.25) is 0 Å². The molecule has 0 saturated carbocycles. The number of hydrogen-bond acceptors (Lipinski definition) is 3. The van der Waals surface area contributed by atoms with E-state index in [-0.39, 0.29) is 0 Å². The molecule has 0 spiro atoms. The van der Waals surface area contributed by atoms with Gasteiger partial charge in [0, 0.05) is 17.5 Å². The van der Waals surface area contributed by atoms with Crippen LogP contribution in [-0.2, 0) is 11.2 Å². The number of rotatable bonds is 5. The third-order valence-electron chi connectivity index (χ3n) is 3.29. The molecule has 0 radical (unpaired) electrons. The van der Waals surface area contributed by atoms with Crippen molar-refractivity contribution in [1.82, 2.24) is 5.32 Å². The van der Waals surface area contributed by atoms with Crippen LogP contribution in [0.5, 0.6) is 0 Å². The van der Waals surface area contributed by atoms with Gasteiger partial charge in [-0.15, -0.1) is 0 Å². The summed E-state index contributed by atoms with van der Waals surface area (Å²) in [7, 11) is 0. The highest BCUT2D eigenvalue weighted by Gasteiger charge is 2.24. The Labute approximate surface area is 114 Å². The molecule has 1 saturated heterocycles. The van der Waals surface area contributed by atoms with E-state index in [0.29, 0.717) is 12.1 Å². The van der Waals surface area contributed by atoms with E-state index in [4.69, 9.17) is 4.74 Å². The zero-order chi connectivity index (χ0) is 12.8. The molecule has 1 aromatic carbocycles. The second-order valence-electron chi connectivity index (χ2n) is 4.84. The van der Waals surface area contributed by atoms with Gasteiger partial charge in [0.05, 0.1) is 12.7 Å². The van der Waals surface area contributed by atoms with E-state index in [1.54, 1.807) is 0 Å². The maximum absolute atomic E-state index is 5.91. The third-order valence-corrected chi connectivity index (χ3v) is 4.31. The molecule has 2 rings (SSSR count). The van der Waals surface area contributed by atoms with Crippen LogP contribution in [-0.4, -0.2) is 36.8 Å². The Morgan fingerprint density at radius 1 is 1.50 bits per heavy atom. The van der Waals surface area contributed by atoms with Crippen molar-refractivity contribution in [1.29, 1.82) is 0 Å². The summed E-state index contributed by atoms with van der Waals surface area (Å²) in [6.45, 7) is 6.21. The third kappa shape index (κ3) is 4.01. The lowest BCUT2D eigenvalue weighted by atomic mass is 10.0. The molecular formula is C15H23NOS. The quantitative estimate of drug-likeness (QED) is 0.884. The Bertz CT molecular complexity index is 363. The first-order valence-corrected chi connectivity index (χ1v) is 7.93. The molecule has 0 amide bonds. The molecule has 1 fully saturated rings. The van der Waals surface area contributed by atoms with Gasteiger partial charge in [-0.25, -0.2) is 0 Å². The van der Waals surface area contributed by atoms with E-state index in [2.05, 4.69) is 43.4 Å². The summed E-state index contributed by atoms with van der Waals surface area (Å²) >= 11 is 2.01. The first kappa shape index (κ1) is 13.9. The van der Waals surface area contributed by atoms with Crippen LogP contribution in [0.2, 0.25) is 0 Å². The molecule has 1 N–H and O–H groups in total. The van der Waals surface area contributed by atoms with Crippen LogP contribution < -0.4 is 5.32 Å². The van der Waals surface area contributed by atoms with Crippen molar-refractivity contribution in [3.63, 3.8) is 0 Å². The van der Waals surface area contributed by atoms with E-state index in [9.17, 15) is 0 Å². The molecule has 2 atom stereocenters. The van der Waals surface area contributed by atoms with Gasteiger partial charge in [-0.05, 0) is 25.5 Å². The van der Waals surface area contributed by atoms with Crippen molar-refractivity contribution in [3.05, 3.63) is 35.4 Å². The maximum atomic E-state index is 5.91. The van der Waals surface area contributed by atoms with Crippen LogP contribution >= 0.6 is 11.8 Å². The summed E-state index contributed by atoms with van der Waals surface area (Å²) in [6, 6.07) is 9.22.